The standard InChI is InChI=1S/C12H16N2O3/c1-14-6-2-3-8(7-14)10-5-4-9(12(16)17)11(15)13-10/h4-5,8H,2-3,6-7H2,1H3,(H,13,15)(H,16,17). The van der Waals surface area contributed by atoms with Gasteiger partial charge < -0.3 is 15.0 Å². The molecule has 92 valence electrons. The van der Waals surface area contributed by atoms with Crippen LogP contribution in [-0.2, 0) is 0 Å². The number of pyridine rings is 1. The van der Waals surface area contributed by atoms with E-state index in [0.717, 1.165) is 31.6 Å². The lowest BCUT2D eigenvalue weighted by Gasteiger charge is -2.29. The number of aromatic carboxylic acids is 1. The summed E-state index contributed by atoms with van der Waals surface area (Å²) in [5.41, 5.74) is 0.132. The van der Waals surface area contributed by atoms with Crippen molar-refractivity contribution >= 4 is 5.97 Å². The Morgan fingerprint density at radius 2 is 2.29 bits per heavy atom. The predicted molar refractivity (Wildman–Crippen MR) is 63.5 cm³/mol. The molecule has 1 saturated heterocycles. The molecule has 0 saturated carbocycles. The molecule has 0 spiro atoms. The first-order chi connectivity index (χ1) is 8.08. The van der Waals surface area contributed by atoms with Crippen LogP contribution in [0.1, 0.15) is 34.8 Å². The van der Waals surface area contributed by atoms with Crippen molar-refractivity contribution in [2.24, 2.45) is 0 Å². The van der Waals surface area contributed by atoms with Crippen LogP contribution < -0.4 is 5.56 Å². The maximum atomic E-state index is 11.6. The van der Waals surface area contributed by atoms with E-state index in [9.17, 15) is 9.59 Å². The minimum absolute atomic E-state index is 0.196. The molecule has 1 aromatic rings. The maximum absolute atomic E-state index is 11.6. The average molecular weight is 236 g/mol. The zero-order valence-electron chi connectivity index (χ0n) is 9.77. The van der Waals surface area contributed by atoms with E-state index in [2.05, 4.69) is 16.9 Å². The van der Waals surface area contributed by atoms with Gasteiger partial charge in [-0.1, -0.05) is 0 Å². The Morgan fingerprint density at radius 1 is 1.53 bits per heavy atom. The Morgan fingerprint density at radius 3 is 2.88 bits per heavy atom. The highest BCUT2D eigenvalue weighted by atomic mass is 16.4. The number of aromatic nitrogens is 1. The lowest BCUT2D eigenvalue weighted by molar-refractivity contribution is 0.0695. The number of hydrogen-bond donors (Lipinski definition) is 2. The number of carboxylic acids is 1. The van der Waals surface area contributed by atoms with Crippen LogP contribution in [-0.4, -0.2) is 41.1 Å². The van der Waals surface area contributed by atoms with Crippen molar-refractivity contribution in [1.29, 1.82) is 0 Å². The third kappa shape index (κ3) is 2.55. The fourth-order valence-corrected chi connectivity index (χ4v) is 2.32. The number of carbonyl (C=O) groups is 1. The third-order valence-corrected chi connectivity index (χ3v) is 3.23. The predicted octanol–water partition coefficient (Wildman–Crippen LogP) is 0.882. The fourth-order valence-electron chi connectivity index (χ4n) is 2.32. The van der Waals surface area contributed by atoms with Crippen molar-refractivity contribution in [3.8, 4) is 0 Å². The summed E-state index contributed by atoms with van der Waals surface area (Å²) in [4.78, 5) is 27.2. The molecular formula is C12H16N2O3. The second-order valence-electron chi connectivity index (χ2n) is 4.56. The number of likely N-dealkylation sites (N-methyl/N-ethyl adjacent to an activating group) is 1. The van der Waals surface area contributed by atoms with E-state index in [1.165, 1.54) is 6.07 Å². The van der Waals surface area contributed by atoms with Gasteiger partial charge in [-0.05, 0) is 38.6 Å². The van der Waals surface area contributed by atoms with Crippen LogP contribution in [0.5, 0.6) is 0 Å². The van der Waals surface area contributed by atoms with Gasteiger partial charge >= 0.3 is 5.97 Å². The molecular weight excluding hydrogens is 220 g/mol. The molecule has 2 heterocycles. The van der Waals surface area contributed by atoms with Gasteiger partial charge in [-0.2, -0.15) is 0 Å². The minimum atomic E-state index is -1.18. The highest BCUT2D eigenvalue weighted by Gasteiger charge is 2.20. The summed E-state index contributed by atoms with van der Waals surface area (Å²) >= 11 is 0. The van der Waals surface area contributed by atoms with Crippen LogP contribution in [0.25, 0.3) is 0 Å². The first-order valence-corrected chi connectivity index (χ1v) is 5.73. The van der Waals surface area contributed by atoms with Gasteiger partial charge in [0.25, 0.3) is 5.56 Å². The molecule has 1 atom stereocenters. The SMILES string of the molecule is CN1CCCC(c2ccc(C(=O)O)c(=O)[nH]2)C1. The Kier molecular flexibility index (Phi) is 3.28. The number of likely N-dealkylation sites (tertiary alicyclic amines) is 1. The topological polar surface area (TPSA) is 73.4 Å². The van der Waals surface area contributed by atoms with Gasteiger partial charge in [0, 0.05) is 18.2 Å². The first kappa shape index (κ1) is 11.9. The molecule has 0 bridgehead atoms. The van der Waals surface area contributed by atoms with Gasteiger partial charge in [0.2, 0.25) is 0 Å². The minimum Gasteiger partial charge on any atom is -0.477 e. The smallest absolute Gasteiger partial charge is 0.341 e. The van der Waals surface area contributed by atoms with Gasteiger partial charge in [-0.25, -0.2) is 4.79 Å². The molecule has 1 aliphatic heterocycles. The first-order valence-electron chi connectivity index (χ1n) is 5.73. The van der Waals surface area contributed by atoms with Crippen molar-refractivity contribution in [2.75, 3.05) is 20.1 Å². The molecule has 1 aliphatic rings. The van der Waals surface area contributed by atoms with Gasteiger partial charge in [0.15, 0.2) is 0 Å². The number of piperidine rings is 1. The molecule has 5 nitrogen and oxygen atoms in total. The maximum Gasteiger partial charge on any atom is 0.341 e. The zero-order valence-corrected chi connectivity index (χ0v) is 9.77. The van der Waals surface area contributed by atoms with Crippen molar-refractivity contribution in [2.45, 2.75) is 18.8 Å². The molecule has 1 unspecified atom stereocenters. The van der Waals surface area contributed by atoms with E-state index in [1.807, 2.05) is 0 Å². The van der Waals surface area contributed by atoms with Gasteiger partial charge in [-0.3, -0.25) is 4.79 Å². The van der Waals surface area contributed by atoms with Crippen LogP contribution in [0, 0.1) is 0 Å². The molecule has 17 heavy (non-hydrogen) atoms. The third-order valence-electron chi connectivity index (χ3n) is 3.23. The fraction of sp³-hybridized carbons (Fsp3) is 0.500. The summed E-state index contributed by atoms with van der Waals surface area (Å²) in [7, 11) is 2.05. The van der Waals surface area contributed by atoms with Crippen LogP contribution in [0.2, 0.25) is 0 Å². The Bertz CT molecular complexity index is 481. The highest BCUT2D eigenvalue weighted by Crippen LogP contribution is 2.23. The van der Waals surface area contributed by atoms with Crippen LogP contribution in [0.15, 0.2) is 16.9 Å². The molecule has 0 aliphatic carbocycles. The largest absolute Gasteiger partial charge is 0.477 e. The molecule has 1 aromatic heterocycles. The molecule has 0 amide bonds. The van der Waals surface area contributed by atoms with Crippen molar-refractivity contribution in [1.82, 2.24) is 9.88 Å². The molecule has 0 aromatic carbocycles. The van der Waals surface area contributed by atoms with Crippen molar-refractivity contribution < 1.29 is 9.90 Å². The Balaban J connectivity index is 2.25. The van der Waals surface area contributed by atoms with E-state index in [-0.39, 0.29) is 5.56 Å². The number of nitrogens with zero attached hydrogens (tertiary/aromatic N) is 1. The lowest BCUT2D eigenvalue weighted by atomic mass is 9.94. The van der Waals surface area contributed by atoms with Crippen LogP contribution in [0.4, 0.5) is 0 Å². The lowest BCUT2D eigenvalue weighted by Crippen LogP contribution is -2.32. The molecule has 1 fully saturated rings. The number of nitrogens with one attached hydrogen (secondary N) is 1. The van der Waals surface area contributed by atoms with E-state index in [1.54, 1.807) is 6.07 Å². The summed E-state index contributed by atoms with van der Waals surface area (Å²) in [5.74, 6) is -0.886. The summed E-state index contributed by atoms with van der Waals surface area (Å²) in [5, 5.41) is 8.78. The molecule has 2 N–H and O–H groups in total. The molecule has 2 rings (SSSR count). The summed E-state index contributed by atoms with van der Waals surface area (Å²) in [6, 6.07) is 3.11. The molecule has 0 radical (unpaired) electrons. The number of carboxylic acid groups (broad SMARTS) is 1. The monoisotopic (exact) mass is 236 g/mol. The van der Waals surface area contributed by atoms with Gasteiger partial charge in [0.1, 0.15) is 5.56 Å². The van der Waals surface area contributed by atoms with E-state index in [4.69, 9.17) is 5.11 Å². The number of H-pyrrole nitrogens is 1. The number of rotatable bonds is 2. The normalized spacial score (nSPS) is 21.4. The quantitative estimate of drug-likeness (QED) is 0.799. The highest BCUT2D eigenvalue weighted by molar-refractivity contribution is 5.87. The number of aromatic amines is 1. The summed E-state index contributed by atoms with van der Waals surface area (Å²) < 4.78 is 0. The van der Waals surface area contributed by atoms with E-state index >= 15 is 0 Å². The summed E-state index contributed by atoms with van der Waals surface area (Å²) in [6.07, 6.45) is 2.14. The van der Waals surface area contributed by atoms with E-state index in [0.29, 0.717) is 5.92 Å². The second kappa shape index (κ2) is 4.71. The van der Waals surface area contributed by atoms with Crippen LogP contribution in [0.3, 0.4) is 0 Å². The van der Waals surface area contributed by atoms with Gasteiger partial charge in [0.05, 0.1) is 0 Å². The summed E-state index contributed by atoms with van der Waals surface area (Å²) in [6.45, 7) is 1.98. The second-order valence-corrected chi connectivity index (χ2v) is 4.56. The van der Waals surface area contributed by atoms with Crippen LogP contribution >= 0.6 is 0 Å². The number of hydrogen-bond acceptors (Lipinski definition) is 3. The Hall–Kier alpha value is -1.62. The van der Waals surface area contributed by atoms with Crippen molar-refractivity contribution in [3.63, 3.8) is 0 Å². The van der Waals surface area contributed by atoms with Gasteiger partial charge in [-0.15, -0.1) is 0 Å². The van der Waals surface area contributed by atoms with E-state index < -0.39 is 11.5 Å². The molecule has 5 heteroatoms. The van der Waals surface area contributed by atoms with Crippen molar-refractivity contribution in [3.05, 3.63) is 33.7 Å². The average Bonchev–Trinajstić information content (AvgIpc) is 2.28. The zero-order chi connectivity index (χ0) is 12.4. The Labute approximate surface area is 99.1 Å².